The number of nitrogen functional groups attached to an aromatic ring is 1. The largest absolute Gasteiger partial charge is 0.399 e. The summed E-state index contributed by atoms with van der Waals surface area (Å²) >= 11 is 0. The van der Waals surface area contributed by atoms with Crippen LogP contribution >= 0.6 is 0 Å². The van der Waals surface area contributed by atoms with Gasteiger partial charge in [0.2, 0.25) is 11.8 Å². The Hall–Kier alpha value is -5.38. The molecule has 0 spiro atoms. The Kier molecular flexibility index (Phi) is 9.90. The molecule has 7 heterocycles. The Morgan fingerprint density at radius 2 is 1.43 bits per heavy atom. The lowest BCUT2D eigenvalue weighted by Crippen LogP contribution is -2.54. The van der Waals surface area contributed by atoms with E-state index in [0.717, 1.165) is 129 Å². The third-order valence-corrected chi connectivity index (χ3v) is 12.4. The highest BCUT2D eigenvalue weighted by Gasteiger charge is 2.45. The number of aromatic nitrogens is 3. The summed E-state index contributed by atoms with van der Waals surface area (Å²) in [5, 5.41) is 11.0. The van der Waals surface area contributed by atoms with Crippen molar-refractivity contribution in [3.8, 4) is 11.3 Å². The van der Waals surface area contributed by atoms with Gasteiger partial charge in [-0.05, 0) is 86.8 Å². The van der Waals surface area contributed by atoms with Crippen LogP contribution in [0, 0.1) is 5.92 Å². The van der Waals surface area contributed by atoms with Crippen molar-refractivity contribution in [2.75, 3.05) is 101 Å². The molecule has 15 nitrogen and oxygen atoms in total. The van der Waals surface area contributed by atoms with E-state index in [1.165, 1.54) is 12.8 Å². The SMILES string of the molecule is Nc1ccc2[nH]nc(-c3ccnc(N4CCN(CCN5CCC(CN6CCN(c7ccc8c(c7)C(=O)N(C7CCC(=O)NC7=O)C8=O)CC6)CC5)CC4)c3)c2c1. The number of rotatable bonds is 9. The number of benzene rings is 2. The molecule has 56 heavy (non-hydrogen) atoms. The second-order valence-electron chi connectivity index (χ2n) is 15.9. The van der Waals surface area contributed by atoms with Gasteiger partial charge in [0.15, 0.2) is 0 Å². The first-order valence-corrected chi connectivity index (χ1v) is 20.0. The molecule has 15 heteroatoms. The van der Waals surface area contributed by atoms with Crippen molar-refractivity contribution in [2.24, 2.45) is 5.92 Å². The molecule has 5 aliphatic heterocycles. The number of carbonyl (C=O) groups is 4. The molecule has 292 valence electrons. The van der Waals surface area contributed by atoms with Gasteiger partial charge in [0, 0.05) is 107 Å². The Morgan fingerprint density at radius 3 is 2.20 bits per heavy atom. The van der Waals surface area contributed by atoms with Crippen LogP contribution in [0.15, 0.2) is 54.7 Å². The maximum Gasteiger partial charge on any atom is 0.262 e. The number of likely N-dealkylation sites (tertiary alicyclic amines) is 1. The molecule has 5 aliphatic rings. The molecule has 4 amide bonds. The van der Waals surface area contributed by atoms with Crippen LogP contribution in [0.2, 0.25) is 0 Å². The first kappa shape index (κ1) is 36.3. The molecule has 4 aromatic rings. The predicted molar refractivity (Wildman–Crippen MR) is 213 cm³/mol. The third kappa shape index (κ3) is 7.21. The van der Waals surface area contributed by atoms with E-state index in [9.17, 15) is 19.2 Å². The number of hydrogen-bond donors (Lipinski definition) is 3. The maximum atomic E-state index is 13.3. The minimum Gasteiger partial charge on any atom is -0.399 e. The molecule has 9 rings (SSSR count). The number of imide groups is 2. The molecule has 2 aromatic heterocycles. The van der Waals surface area contributed by atoms with Crippen molar-refractivity contribution in [3.05, 3.63) is 65.9 Å². The monoisotopic (exact) mass is 759 g/mol. The summed E-state index contributed by atoms with van der Waals surface area (Å²) in [6, 6.07) is 14.4. The zero-order valence-corrected chi connectivity index (χ0v) is 31.7. The minimum atomic E-state index is -0.953. The van der Waals surface area contributed by atoms with Crippen LogP contribution in [-0.2, 0) is 9.59 Å². The number of anilines is 3. The molecule has 0 aliphatic carbocycles. The average Bonchev–Trinajstić information content (AvgIpc) is 3.75. The number of nitrogens with one attached hydrogen (secondary N) is 2. The summed E-state index contributed by atoms with van der Waals surface area (Å²) in [6.45, 7) is 13.2. The van der Waals surface area contributed by atoms with Crippen LogP contribution in [0.25, 0.3) is 22.2 Å². The third-order valence-electron chi connectivity index (χ3n) is 12.4. The number of carbonyl (C=O) groups excluding carboxylic acids is 4. The molecule has 1 unspecified atom stereocenters. The number of nitrogens with zero attached hydrogens (tertiary/aromatic N) is 8. The van der Waals surface area contributed by atoms with Gasteiger partial charge in [-0.25, -0.2) is 4.98 Å². The Morgan fingerprint density at radius 1 is 0.714 bits per heavy atom. The standard InChI is InChI=1S/C41H49N11O4/c42-29-1-4-34-33(24-29)38(46-45-34)28-7-10-43-36(23-28)51-21-15-48(16-22-51)14-13-47-11-8-27(9-12-47)26-49-17-19-50(20-18-49)30-2-3-31-32(25-30)41(56)52(40(31)55)35-5-6-37(53)44-39(35)54/h1-4,7,10,23-25,27,35H,5-6,8-9,11-22,26,42H2,(H,45,46)(H,44,53,54). The van der Waals surface area contributed by atoms with Crippen molar-refractivity contribution in [1.29, 1.82) is 0 Å². The molecule has 1 atom stereocenters. The number of amides is 4. The lowest BCUT2D eigenvalue weighted by molar-refractivity contribution is -0.136. The smallest absolute Gasteiger partial charge is 0.262 e. The highest BCUT2D eigenvalue weighted by Crippen LogP contribution is 2.32. The zero-order chi connectivity index (χ0) is 38.3. The second kappa shape index (κ2) is 15.3. The van der Waals surface area contributed by atoms with Crippen LogP contribution in [0.1, 0.15) is 46.4 Å². The topological polar surface area (TPSA) is 167 Å². The number of nitrogens with two attached hydrogens (primary N) is 1. The van der Waals surface area contributed by atoms with Gasteiger partial charge in [-0.15, -0.1) is 0 Å². The quantitative estimate of drug-likeness (QED) is 0.169. The van der Waals surface area contributed by atoms with Gasteiger partial charge < -0.3 is 20.4 Å². The fourth-order valence-electron chi connectivity index (χ4n) is 9.08. The molecule has 4 saturated heterocycles. The van der Waals surface area contributed by atoms with E-state index in [4.69, 9.17) is 10.7 Å². The van der Waals surface area contributed by atoms with Crippen LogP contribution in [0.5, 0.6) is 0 Å². The number of piperazine rings is 2. The molecule has 4 N–H and O–H groups in total. The van der Waals surface area contributed by atoms with Crippen LogP contribution in [0.3, 0.4) is 0 Å². The molecular weight excluding hydrogens is 711 g/mol. The summed E-state index contributed by atoms with van der Waals surface area (Å²) < 4.78 is 0. The summed E-state index contributed by atoms with van der Waals surface area (Å²) in [4.78, 5) is 68.7. The summed E-state index contributed by atoms with van der Waals surface area (Å²) in [7, 11) is 0. The molecule has 0 radical (unpaired) electrons. The van der Waals surface area contributed by atoms with Crippen molar-refractivity contribution in [2.45, 2.75) is 31.7 Å². The lowest BCUT2D eigenvalue weighted by Gasteiger charge is -2.40. The van der Waals surface area contributed by atoms with Crippen molar-refractivity contribution in [1.82, 2.24) is 40.1 Å². The zero-order valence-electron chi connectivity index (χ0n) is 31.7. The predicted octanol–water partition coefficient (Wildman–Crippen LogP) is 2.26. The van der Waals surface area contributed by atoms with E-state index in [-0.39, 0.29) is 18.7 Å². The van der Waals surface area contributed by atoms with Crippen LogP contribution < -0.4 is 20.9 Å². The van der Waals surface area contributed by atoms with E-state index < -0.39 is 23.8 Å². The van der Waals surface area contributed by atoms with E-state index >= 15 is 0 Å². The van der Waals surface area contributed by atoms with Gasteiger partial charge >= 0.3 is 0 Å². The number of piperidine rings is 2. The Bertz CT molecular complexity index is 2150. The summed E-state index contributed by atoms with van der Waals surface area (Å²) in [6.07, 6.45) is 4.58. The van der Waals surface area contributed by atoms with Gasteiger partial charge in [0.1, 0.15) is 17.6 Å². The average molecular weight is 760 g/mol. The number of hydrogen-bond acceptors (Lipinski definition) is 12. The second-order valence-corrected chi connectivity index (χ2v) is 15.9. The van der Waals surface area contributed by atoms with E-state index in [0.29, 0.717) is 17.0 Å². The van der Waals surface area contributed by atoms with Gasteiger partial charge in [-0.2, -0.15) is 5.10 Å². The van der Waals surface area contributed by atoms with Gasteiger partial charge in [-0.1, -0.05) is 0 Å². The van der Waals surface area contributed by atoms with E-state index in [2.05, 4.69) is 46.1 Å². The maximum absolute atomic E-state index is 13.3. The fourth-order valence-corrected chi connectivity index (χ4v) is 9.08. The van der Waals surface area contributed by atoms with Gasteiger partial charge in [-0.3, -0.25) is 44.3 Å². The van der Waals surface area contributed by atoms with Crippen molar-refractivity contribution in [3.63, 3.8) is 0 Å². The van der Waals surface area contributed by atoms with Gasteiger partial charge in [0.25, 0.3) is 11.8 Å². The fraction of sp³-hybridized carbons (Fsp3) is 0.463. The summed E-state index contributed by atoms with van der Waals surface area (Å²) in [5.41, 5.74) is 11.3. The summed E-state index contributed by atoms with van der Waals surface area (Å²) in [5.74, 6) is -0.212. The minimum absolute atomic E-state index is 0.108. The van der Waals surface area contributed by atoms with Gasteiger partial charge in [0.05, 0.1) is 16.6 Å². The van der Waals surface area contributed by atoms with E-state index in [1.54, 1.807) is 12.1 Å². The van der Waals surface area contributed by atoms with Crippen LogP contribution in [-0.4, -0.2) is 150 Å². The number of fused-ring (bicyclic) bond motifs is 2. The van der Waals surface area contributed by atoms with E-state index in [1.807, 2.05) is 36.5 Å². The number of aromatic amines is 1. The number of H-pyrrole nitrogens is 1. The normalized spacial score (nSPS) is 22.0. The molecular formula is C41H49N11O4. The highest BCUT2D eigenvalue weighted by atomic mass is 16.2. The van der Waals surface area contributed by atoms with Crippen molar-refractivity contribution >= 4 is 51.7 Å². The lowest BCUT2D eigenvalue weighted by atomic mass is 9.96. The van der Waals surface area contributed by atoms with Crippen molar-refractivity contribution < 1.29 is 19.2 Å². The highest BCUT2D eigenvalue weighted by molar-refractivity contribution is 6.23. The molecule has 2 aromatic carbocycles. The Labute approximate surface area is 325 Å². The molecule has 0 bridgehead atoms. The first-order chi connectivity index (χ1) is 27.3. The molecule has 0 saturated carbocycles. The van der Waals surface area contributed by atoms with Crippen LogP contribution in [0.4, 0.5) is 17.2 Å². The Balaban J connectivity index is 0.695. The molecule has 4 fully saturated rings. The first-order valence-electron chi connectivity index (χ1n) is 20.0. The number of pyridine rings is 1.